The zero-order valence-electron chi connectivity index (χ0n) is 12.2. The summed E-state index contributed by atoms with van der Waals surface area (Å²) in [6.07, 6.45) is -0.574. The summed E-state index contributed by atoms with van der Waals surface area (Å²) in [5, 5.41) is 39.7. The summed E-state index contributed by atoms with van der Waals surface area (Å²) in [5.74, 6) is -4.18. The van der Waals surface area contributed by atoms with Gasteiger partial charge in [0.25, 0.3) is 5.91 Å². The van der Waals surface area contributed by atoms with Crippen molar-refractivity contribution in [1.82, 2.24) is 0 Å². The van der Waals surface area contributed by atoms with Gasteiger partial charge in [-0.3, -0.25) is 9.59 Å². The standard InChI is InChI=1S/C16H13NO7/c18-11-5-9(6-13(19)20)14(21)12(7-11)15(22)17-10-3-1-2-8(4-10)16(23)24/h1-5,7,18,21H,6H2,(H,17,22)(H,19,20)(H,23,24). The molecule has 0 saturated carbocycles. The summed E-state index contributed by atoms with van der Waals surface area (Å²) in [7, 11) is 0. The third-order valence-electron chi connectivity index (χ3n) is 3.13. The van der Waals surface area contributed by atoms with Crippen LogP contribution in [0.1, 0.15) is 26.3 Å². The first-order valence-corrected chi connectivity index (χ1v) is 6.69. The molecule has 0 heterocycles. The lowest BCUT2D eigenvalue weighted by Crippen LogP contribution is -2.14. The highest BCUT2D eigenvalue weighted by Crippen LogP contribution is 2.29. The van der Waals surface area contributed by atoms with E-state index in [1.807, 2.05) is 0 Å². The van der Waals surface area contributed by atoms with E-state index >= 15 is 0 Å². The van der Waals surface area contributed by atoms with Gasteiger partial charge in [-0.1, -0.05) is 6.07 Å². The maximum absolute atomic E-state index is 12.2. The van der Waals surface area contributed by atoms with Crippen molar-refractivity contribution in [2.24, 2.45) is 0 Å². The number of nitrogens with one attached hydrogen (secondary N) is 1. The van der Waals surface area contributed by atoms with Gasteiger partial charge < -0.3 is 25.7 Å². The number of aromatic hydroxyl groups is 2. The Hall–Kier alpha value is -3.55. The Morgan fingerprint density at radius 1 is 1.00 bits per heavy atom. The molecule has 5 N–H and O–H groups in total. The molecule has 0 saturated heterocycles. The Kier molecular flexibility index (Phi) is 4.69. The molecule has 0 radical (unpaired) electrons. The highest BCUT2D eigenvalue weighted by molar-refractivity contribution is 6.07. The van der Waals surface area contributed by atoms with E-state index in [1.54, 1.807) is 0 Å². The molecule has 24 heavy (non-hydrogen) atoms. The average Bonchev–Trinajstić information content (AvgIpc) is 2.50. The minimum atomic E-state index is -1.24. The fourth-order valence-corrected chi connectivity index (χ4v) is 2.08. The fraction of sp³-hybridized carbons (Fsp3) is 0.0625. The van der Waals surface area contributed by atoms with Gasteiger partial charge >= 0.3 is 11.9 Å². The van der Waals surface area contributed by atoms with Gasteiger partial charge in [0.2, 0.25) is 0 Å². The lowest BCUT2D eigenvalue weighted by Gasteiger charge is -2.11. The minimum Gasteiger partial charge on any atom is -0.508 e. The number of anilines is 1. The van der Waals surface area contributed by atoms with Crippen molar-refractivity contribution in [3.63, 3.8) is 0 Å². The molecule has 2 rings (SSSR count). The number of phenols is 2. The second-order valence-corrected chi connectivity index (χ2v) is 4.91. The second kappa shape index (κ2) is 6.69. The number of hydrogen-bond donors (Lipinski definition) is 5. The second-order valence-electron chi connectivity index (χ2n) is 4.91. The first kappa shape index (κ1) is 16.8. The van der Waals surface area contributed by atoms with Crippen LogP contribution in [0.5, 0.6) is 11.5 Å². The van der Waals surface area contributed by atoms with Crippen LogP contribution in [0, 0.1) is 0 Å². The maximum Gasteiger partial charge on any atom is 0.335 e. The molecule has 0 bridgehead atoms. The molecular weight excluding hydrogens is 318 g/mol. The molecule has 0 aliphatic carbocycles. The van der Waals surface area contributed by atoms with Crippen molar-refractivity contribution in [2.45, 2.75) is 6.42 Å². The van der Waals surface area contributed by atoms with Gasteiger partial charge in [-0.2, -0.15) is 0 Å². The molecule has 0 aromatic heterocycles. The van der Waals surface area contributed by atoms with Crippen LogP contribution in [0.4, 0.5) is 5.69 Å². The van der Waals surface area contributed by atoms with Crippen molar-refractivity contribution >= 4 is 23.5 Å². The van der Waals surface area contributed by atoms with E-state index in [-0.39, 0.29) is 28.1 Å². The van der Waals surface area contributed by atoms with Crippen molar-refractivity contribution in [3.8, 4) is 11.5 Å². The predicted molar refractivity (Wildman–Crippen MR) is 82.5 cm³/mol. The fourth-order valence-electron chi connectivity index (χ4n) is 2.08. The monoisotopic (exact) mass is 331 g/mol. The summed E-state index contributed by atoms with van der Waals surface area (Å²) in [5.41, 5.74) is -0.319. The van der Waals surface area contributed by atoms with E-state index in [4.69, 9.17) is 10.2 Å². The van der Waals surface area contributed by atoms with Crippen molar-refractivity contribution in [2.75, 3.05) is 5.32 Å². The highest BCUT2D eigenvalue weighted by atomic mass is 16.4. The summed E-state index contributed by atoms with van der Waals surface area (Å²) in [6.45, 7) is 0. The molecule has 0 fully saturated rings. The molecule has 0 spiro atoms. The van der Waals surface area contributed by atoms with Crippen LogP contribution in [0.25, 0.3) is 0 Å². The molecule has 0 unspecified atom stereocenters. The third kappa shape index (κ3) is 3.80. The number of carbonyl (C=O) groups excluding carboxylic acids is 1. The number of carboxylic acids is 2. The van der Waals surface area contributed by atoms with E-state index in [1.165, 1.54) is 24.3 Å². The Labute approximate surface area is 135 Å². The lowest BCUT2D eigenvalue weighted by atomic mass is 10.0. The topological polar surface area (TPSA) is 144 Å². The van der Waals surface area contributed by atoms with Gasteiger partial charge in [-0.25, -0.2) is 4.79 Å². The zero-order valence-corrected chi connectivity index (χ0v) is 12.2. The molecule has 2 aromatic carbocycles. The van der Waals surface area contributed by atoms with E-state index in [9.17, 15) is 24.6 Å². The Morgan fingerprint density at radius 2 is 1.71 bits per heavy atom. The van der Waals surface area contributed by atoms with Crippen molar-refractivity contribution < 1.29 is 34.8 Å². The summed E-state index contributed by atoms with van der Waals surface area (Å²) < 4.78 is 0. The van der Waals surface area contributed by atoms with Crippen LogP contribution in [0.2, 0.25) is 0 Å². The predicted octanol–water partition coefficient (Wildman–Crippen LogP) is 1.68. The first-order valence-electron chi connectivity index (χ1n) is 6.69. The van der Waals surface area contributed by atoms with E-state index in [0.29, 0.717) is 0 Å². The number of aromatic carboxylic acids is 1. The number of hydrogen-bond acceptors (Lipinski definition) is 5. The average molecular weight is 331 g/mol. The van der Waals surface area contributed by atoms with Gasteiger partial charge in [-0.05, 0) is 30.3 Å². The molecule has 0 aliphatic heterocycles. The van der Waals surface area contributed by atoms with Crippen LogP contribution in [0.15, 0.2) is 36.4 Å². The van der Waals surface area contributed by atoms with Gasteiger partial charge in [0.15, 0.2) is 0 Å². The van der Waals surface area contributed by atoms with Crippen LogP contribution in [-0.2, 0) is 11.2 Å². The normalized spacial score (nSPS) is 10.2. The number of carbonyl (C=O) groups is 3. The van der Waals surface area contributed by atoms with Crippen molar-refractivity contribution in [3.05, 3.63) is 53.1 Å². The summed E-state index contributed by atoms with van der Waals surface area (Å²) in [4.78, 5) is 33.9. The molecule has 8 heteroatoms. The molecule has 124 valence electrons. The zero-order chi connectivity index (χ0) is 17.9. The number of rotatable bonds is 5. The van der Waals surface area contributed by atoms with Crippen LogP contribution in [0.3, 0.4) is 0 Å². The molecule has 0 atom stereocenters. The quantitative estimate of drug-likeness (QED) is 0.524. The van der Waals surface area contributed by atoms with E-state index in [2.05, 4.69) is 5.32 Å². The molecule has 2 aromatic rings. The molecule has 8 nitrogen and oxygen atoms in total. The smallest absolute Gasteiger partial charge is 0.335 e. The van der Waals surface area contributed by atoms with E-state index < -0.39 is 30.0 Å². The van der Waals surface area contributed by atoms with Gasteiger partial charge in [0.05, 0.1) is 17.5 Å². The Bertz CT molecular complexity index is 829. The number of phenolic OH excluding ortho intramolecular Hbond substituents is 2. The van der Waals surface area contributed by atoms with E-state index in [0.717, 1.165) is 12.1 Å². The van der Waals surface area contributed by atoms with Crippen LogP contribution in [-0.4, -0.2) is 38.3 Å². The third-order valence-corrected chi connectivity index (χ3v) is 3.13. The largest absolute Gasteiger partial charge is 0.508 e. The number of carboxylic acid groups (broad SMARTS) is 2. The summed E-state index contributed by atoms with van der Waals surface area (Å²) in [6, 6.07) is 7.47. The van der Waals surface area contributed by atoms with Gasteiger partial charge in [-0.15, -0.1) is 0 Å². The number of aliphatic carboxylic acids is 1. The maximum atomic E-state index is 12.2. The Balaban J connectivity index is 2.33. The van der Waals surface area contributed by atoms with Crippen LogP contribution < -0.4 is 5.32 Å². The SMILES string of the molecule is O=C(O)Cc1cc(O)cc(C(=O)Nc2cccc(C(=O)O)c2)c1O. The summed E-state index contributed by atoms with van der Waals surface area (Å²) >= 11 is 0. The molecular formula is C16H13NO7. The Morgan fingerprint density at radius 3 is 2.33 bits per heavy atom. The number of amides is 1. The van der Waals surface area contributed by atoms with Gasteiger partial charge in [0, 0.05) is 11.3 Å². The van der Waals surface area contributed by atoms with Crippen molar-refractivity contribution in [1.29, 1.82) is 0 Å². The molecule has 0 aliphatic rings. The lowest BCUT2D eigenvalue weighted by molar-refractivity contribution is -0.136. The molecule has 1 amide bonds. The van der Waals surface area contributed by atoms with Gasteiger partial charge in [0.1, 0.15) is 11.5 Å². The minimum absolute atomic E-state index is 0.0421. The number of benzene rings is 2. The highest BCUT2D eigenvalue weighted by Gasteiger charge is 2.18. The first-order chi connectivity index (χ1) is 11.3. The van der Waals surface area contributed by atoms with Crippen LogP contribution >= 0.6 is 0 Å².